The Hall–Kier alpha value is -3.59. The van der Waals surface area contributed by atoms with Gasteiger partial charge >= 0.3 is 11.9 Å². The summed E-state index contributed by atoms with van der Waals surface area (Å²) in [4.78, 5) is 43.3. The molecule has 3 aromatic rings. The molecule has 0 N–H and O–H groups in total. The highest BCUT2D eigenvalue weighted by molar-refractivity contribution is 7.17. The van der Waals surface area contributed by atoms with E-state index in [9.17, 15) is 18.8 Å². The van der Waals surface area contributed by atoms with Crippen LogP contribution in [0.15, 0.2) is 54.6 Å². The number of aromatic nitrogens is 1. The fourth-order valence-corrected chi connectivity index (χ4v) is 3.80. The predicted molar refractivity (Wildman–Crippen MR) is 117 cm³/mol. The van der Waals surface area contributed by atoms with E-state index in [4.69, 9.17) is 9.47 Å². The van der Waals surface area contributed by atoms with Gasteiger partial charge in [0.25, 0.3) is 5.91 Å². The van der Waals surface area contributed by atoms with Crippen LogP contribution in [0.2, 0.25) is 0 Å². The zero-order valence-electron chi connectivity index (χ0n) is 17.5. The van der Waals surface area contributed by atoms with Crippen molar-refractivity contribution in [3.63, 3.8) is 0 Å². The number of thiazole rings is 1. The maximum Gasteiger partial charge on any atom is 0.350 e. The van der Waals surface area contributed by atoms with Crippen molar-refractivity contribution in [3.8, 4) is 0 Å². The second-order valence-corrected chi connectivity index (χ2v) is 7.63. The Kier molecular flexibility index (Phi) is 7.67. The molecule has 0 aliphatic heterocycles. The van der Waals surface area contributed by atoms with Crippen LogP contribution in [0.3, 0.4) is 0 Å². The summed E-state index contributed by atoms with van der Waals surface area (Å²) in [5.41, 5.74) is 0.981. The number of hydrogen-bond acceptors (Lipinski definition) is 7. The predicted octanol–water partition coefficient (Wildman–Crippen LogP) is 4.16. The van der Waals surface area contributed by atoms with Crippen molar-refractivity contribution in [2.45, 2.75) is 20.4 Å². The Morgan fingerprint density at radius 1 is 1.00 bits per heavy atom. The Morgan fingerprint density at radius 3 is 2.38 bits per heavy atom. The second kappa shape index (κ2) is 10.6. The maximum absolute atomic E-state index is 13.8. The van der Waals surface area contributed by atoms with E-state index in [-0.39, 0.29) is 28.7 Å². The van der Waals surface area contributed by atoms with E-state index in [1.54, 1.807) is 13.8 Å². The summed E-state index contributed by atoms with van der Waals surface area (Å²) >= 11 is 1.02. The van der Waals surface area contributed by atoms with Crippen LogP contribution in [0.4, 0.5) is 9.52 Å². The van der Waals surface area contributed by atoms with Crippen LogP contribution < -0.4 is 4.90 Å². The first kappa shape index (κ1) is 23.1. The number of ether oxygens (including phenoxy) is 2. The average molecular weight is 456 g/mol. The summed E-state index contributed by atoms with van der Waals surface area (Å²) in [5, 5.41) is 0.265. The SMILES string of the molecule is CCOC(=O)c1sc(N(Cc2ccccc2)C(=O)COC(=O)c2ccccc2F)nc1C. The van der Waals surface area contributed by atoms with E-state index in [1.807, 2.05) is 30.3 Å². The second-order valence-electron chi connectivity index (χ2n) is 6.65. The van der Waals surface area contributed by atoms with Gasteiger partial charge in [-0.25, -0.2) is 19.0 Å². The number of nitrogens with zero attached hydrogens (tertiary/aromatic N) is 2. The van der Waals surface area contributed by atoms with Gasteiger partial charge in [0.15, 0.2) is 11.7 Å². The molecule has 0 unspecified atom stereocenters. The summed E-state index contributed by atoms with van der Waals surface area (Å²) in [6, 6.07) is 14.5. The van der Waals surface area contributed by atoms with E-state index >= 15 is 0 Å². The highest BCUT2D eigenvalue weighted by Gasteiger charge is 2.25. The molecule has 32 heavy (non-hydrogen) atoms. The maximum atomic E-state index is 13.8. The molecule has 0 atom stereocenters. The highest BCUT2D eigenvalue weighted by atomic mass is 32.1. The molecule has 0 saturated heterocycles. The Labute approximate surface area is 188 Å². The molecule has 2 aromatic carbocycles. The van der Waals surface area contributed by atoms with Gasteiger partial charge in [0.2, 0.25) is 0 Å². The van der Waals surface area contributed by atoms with Gasteiger partial charge in [-0.3, -0.25) is 9.69 Å². The topological polar surface area (TPSA) is 85.8 Å². The minimum atomic E-state index is -0.946. The molecule has 0 fully saturated rings. The fourth-order valence-electron chi connectivity index (χ4n) is 2.82. The van der Waals surface area contributed by atoms with Crippen LogP contribution in [0, 0.1) is 12.7 Å². The Balaban J connectivity index is 1.82. The van der Waals surface area contributed by atoms with Crippen molar-refractivity contribution in [3.05, 3.63) is 82.1 Å². The van der Waals surface area contributed by atoms with E-state index in [1.165, 1.54) is 23.1 Å². The minimum absolute atomic E-state index is 0.145. The number of carbonyl (C=O) groups is 3. The van der Waals surface area contributed by atoms with Gasteiger partial charge in [-0.2, -0.15) is 0 Å². The van der Waals surface area contributed by atoms with Crippen molar-refractivity contribution >= 4 is 34.3 Å². The number of rotatable bonds is 8. The molecule has 1 amide bonds. The summed E-state index contributed by atoms with van der Waals surface area (Å²) in [6.45, 7) is 3.09. The molecule has 0 aliphatic rings. The lowest BCUT2D eigenvalue weighted by Crippen LogP contribution is -2.34. The van der Waals surface area contributed by atoms with Crippen molar-refractivity contribution in [1.29, 1.82) is 0 Å². The molecule has 3 rings (SSSR count). The van der Waals surface area contributed by atoms with Crippen molar-refractivity contribution in [2.24, 2.45) is 0 Å². The van der Waals surface area contributed by atoms with E-state index < -0.39 is 30.3 Å². The lowest BCUT2D eigenvalue weighted by molar-refractivity contribution is -0.121. The van der Waals surface area contributed by atoms with Crippen LogP contribution in [0.1, 0.15) is 38.2 Å². The first-order chi connectivity index (χ1) is 15.4. The summed E-state index contributed by atoms with van der Waals surface area (Å²) in [6.07, 6.45) is 0. The molecular formula is C23H21FN2O5S. The van der Waals surface area contributed by atoms with Gasteiger partial charge in [-0.1, -0.05) is 53.8 Å². The molecule has 0 aliphatic carbocycles. The quantitative estimate of drug-likeness (QED) is 0.473. The van der Waals surface area contributed by atoms with Crippen LogP contribution >= 0.6 is 11.3 Å². The number of esters is 2. The fraction of sp³-hybridized carbons (Fsp3) is 0.217. The Bertz CT molecular complexity index is 1120. The van der Waals surface area contributed by atoms with E-state index in [0.717, 1.165) is 23.0 Å². The van der Waals surface area contributed by atoms with Gasteiger partial charge in [0, 0.05) is 0 Å². The smallest absolute Gasteiger partial charge is 0.350 e. The lowest BCUT2D eigenvalue weighted by Gasteiger charge is -2.20. The standard InChI is InChI=1S/C23H21FN2O5S/c1-3-30-22(29)20-15(2)25-23(32-20)26(13-16-9-5-4-6-10-16)19(27)14-31-21(28)17-11-7-8-12-18(17)24/h4-12H,3,13-14H2,1-2H3. The van der Waals surface area contributed by atoms with Crippen LogP contribution in [-0.4, -0.2) is 36.0 Å². The molecule has 166 valence electrons. The molecule has 0 radical (unpaired) electrons. The van der Waals surface area contributed by atoms with Gasteiger partial charge in [0.05, 0.1) is 24.4 Å². The molecule has 0 bridgehead atoms. The summed E-state index contributed by atoms with van der Waals surface area (Å²) in [7, 11) is 0. The lowest BCUT2D eigenvalue weighted by atomic mass is 10.2. The van der Waals surface area contributed by atoms with E-state index in [0.29, 0.717) is 5.69 Å². The third kappa shape index (κ3) is 5.55. The van der Waals surface area contributed by atoms with Crippen LogP contribution in [0.25, 0.3) is 0 Å². The molecule has 9 heteroatoms. The number of hydrogen-bond donors (Lipinski definition) is 0. The van der Waals surface area contributed by atoms with Crippen molar-refractivity contribution in [2.75, 3.05) is 18.1 Å². The average Bonchev–Trinajstić information content (AvgIpc) is 3.18. The number of carbonyl (C=O) groups excluding carboxylic acids is 3. The molecule has 1 aromatic heterocycles. The summed E-state index contributed by atoms with van der Waals surface area (Å²) < 4.78 is 23.9. The van der Waals surface area contributed by atoms with E-state index in [2.05, 4.69) is 4.98 Å². The third-order valence-corrected chi connectivity index (χ3v) is 5.54. The van der Waals surface area contributed by atoms with Gasteiger partial charge in [-0.05, 0) is 31.5 Å². The zero-order chi connectivity index (χ0) is 23.1. The largest absolute Gasteiger partial charge is 0.462 e. The van der Waals surface area contributed by atoms with Crippen LogP contribution in [0.5, 0.6) is 0 Å². The van der Waals surface area contributed by atoms with Crippen molar-refractivity contribution in [1.82, 2.24) is 4.98 Å². The monoisotopic (exact) mass is 456 g/mol. The number of halogens is 1. The highest BCUT2D eigenvalue weighted by Crippen LogP contribution is 2.28. The number of benzene rings is 2. The number of aryl methyl sites for hydroxylation is 1. The zero-order valence-corrected chi connectivity index (χ0v) is 18.4. The van der Waals surface area contributed by atoms with Crippen LogP contribution in [-0.2, 0) is 20.8 Å². The molecular weight excluding hydrogens is 435 g/mol. The number of anilines is 1. The number of amides is 1. The van der Waals surface area contributed by atoms with Gasteiger partial charge in [-0.15, -0.1) is 0 Å². The first-order valence-corrected chi connectivity index (χ1v) is 10.6. The third-order valence-electron chi connectivity index (χ3n) is 4.38. The Morgan fingerprint density at radius 2 is 1.69 bits per heavy atom. The molecule has 0 saturated carbocycles. The first-order valence-electron chi connectivity index (χ1n) is 9.81. The normalized spacial score (nSPS) is 10.5. The van der Waals surface area contributed by atoms with Crippen molar-refractivity contribution < 1.29 is 28.2 Å². The minimum Gasteiger partial charge on any atom is -0.462 e. The molecule has 1 heterocycles. The molecule has 7 nitrogen and oxygen atoms in total. The summed E-state index contributed by atoms with van der Waals surface area (Å²) in [5.74, 6) is -2.77. The van der Waals surface area contributed by atoms with Gasteiger partial charge < -0.3 is 9.47 Å². The van der Waals surface area contributed by atoms with Gasteiger partial charge in [0.1, 0.15) is 10.7 Å². The molecule has 0 spiro atoms.